The van der Waals surface area contributed by atoms with Crippen LogP contribution in [-0.2, 0) is 0 Å². The summed E-state index contributed by atoms with van der Waals surface area (Å²) in [5, 5.41) is 3.94. The largest absolute Gasteiger partial charge is 0.495 e. The van der Waals surface area contributed by atoms with E-state index in [1.165, 1.54) is 0 Å². The van der Waals surface area contributed by atoms with Gasteiger partial charge in [0.2, 0.25) is 0 Å². The molecule has 3 nitrogen and oxygen atoms in total. The van der Waals surface area contributed by atoms with Gasteiger partial charge in [-0.25, -0.2) is 0 Å². The van der Waals surface area contributed by atoms with E-state index in [0.717, 1.165) is 12.0 Å². The Balaban J connectivity index is 3.00. The Kier molecular flexibility index (Phi) is 5.75. The molecule has 0 spiro atoms. The molecule has 0 saturated heterocycles. The third-order valence-electron chi connectivity index (χ3n) is 3.14. The van der Waals surface area contributed by atoms with Crippen molar-refractivity contribution in [2.45, 2.75) is 19.4 Å². The van der Waals surface area contributed by atoms with Gasteiger partial charge >= 0.3 is 0 Å². The summed E-state index contributed by atoms with van der Waals surface area (Å²) in [6.45, 7) is 2.80. The van der Waals surface area contributed by atoms with Crippen molar-refractivity contribution >= 4 is 11.6 Å². The first kappa shape index (κ1) is 14.3. The lowest BCUT2D eigenvalue weighted by atomic mass is 9.91. The molecule has 17 heavy (non-hydrogen) atoms. The van der Waals surface area contributed by atoms with Crippen LogP contribution < -0.4 is 15.8 Å². The van der Waals surface area contributed by atoms with Crippen molar-refractivity contribution in [2.24, 2.45) is 11.7 Å². The van der Waals surface area contributed by atoms with E-state index in [9.17, 15) is 0 Å². The van der Waals surface area contributed by atoms with Crippen LogP contribution in [0, 0.1) is 5.92 Å². The summed E-state index contributed by atoms with van der Waals surface area (Å²) in [7, 11) is 3.56. The van der Waals surface area contributed by atoms with E-state index in [-0.39, 0.29) is 6.04 Å². The summed E-state index contributed by atoms with van der Waals surface area (Å²) in [4.78, 5) is 0. The fraction of sp³-hybridized carbons (Fsp3) is 0.538. The van der Waals surface area contributed by atoms with Gasteiger partial charge in [-0.1, -0.05) is 31.0 Å². The van der Waals surface area contributed by atoms with Crippen LogP contribution in [0.2, 0.25) is 5.02 Å². The first-order valence-electron chi connectivity index (χ1n) is 5.88. The van der Waals surface area contributed by atoms with Crippen molar-refractivity contribution in [3.05, 3.63) is 28.8 Å². The van der Waals surface area contributed by atoms with Crippen LogP contribution in [0.25, 0.3) is 0 Å². The molecule has 4 heteroatoms. The monoisotopic (exact) mass is 256 g/mol. The summed E-state index contributed by atoms with van der Waals surface area (Å²) >= 11 is 6.14. The third kappa shape index (κ3) is 3.35. The molecule has 0 aliphatic carbocycles. The Morgan fingerprint density at radius 2 is 2.18 bits per heavy atom. The summed E-state index contributed by atoms with van der Waals surface area (Å²) in [6.07, 6.45) is 1.03. The van der Waals surface area contributed by atoms with Crippen molar-refractivity contribution in [2.75, 3.05) is 20.7 Å². The fourth-order valence-electron chi connectivity index (χ4n) is 2.09. The SMILES string of the molecule is CCC(CN)C(NC)c1ccc(OC)c(Cl)c1. The van der Waals surface area contributed by atoms with Gasteiger partial charge in [0.1, 0.15) is 5.75 Å². The lowest BCUT2D eigenvalue weighted by Crippen LogP contribution is -2.30. The Labute approximate surface area is 108 Å². The first-order chi connectivity index (χ1) is 8.17. The van der Waals surface area contributed by atoms with Crippen molar-refractivity contribution in [3.8, 4) is 5.75 Å². The van der Waals surface area contributed by atoms with Gasteiger partial charge in [0, 0.05) is 6.04 Å². The predicted molar refractivity (Wildman–Crippen MR) is 72.6 cm³/mol. The van der Waals surface area contributed by atoms with Gasteiger partial charge in [-0.05, 0) is 37.2 Å². The Morgan fingerprint density at radius 1 is 1.47 bits per heavy atom. The molecule has 0 aromatic heterocycles. The topological polar surface area (TPSA) is 47.3 Å². The number of nitrogens with one attached hydrogen (secondary N) is 1. The van der Waals surface area contributed by atoms with E-state index >= 15 is 0 Å². The van der Waals surface area contributed by atoms with Gasteiger partial charge in [0.25, 0.3) is 0 Å². The van der Waals surface area contributed by atoms with Crippen LogP contribution >= 0.6 is 11.6 Å². The Hall–Kier alpha value is -0.770. The van der Waals surface area contributed by atoms with Gasteiger partial charge < -0.3 is 15.8 Å². The summed E-state index contributed by atoms with van der Waals surface area (Å²) in [6, 6.07) is 6.10. The second-order valence-corrected chi connectivity index (χ2v) is 4.47. The maximum absolute atomic E-state index is 6.14. The number of methoxy groups -OCH3 is 1. The van der Waals surface area contributed by atoms with Gasteiger partial charge in [-0.3, -0.25) is 0 Å². The molecule has 0 amide bonds. The van der Waals surface area contributed by atoms with E-state index in [2.05, 4.69) is 12.2 Å². The lowest BCUT2D eigenvalue weighted by Gasteiger charge is -2.25. The average Bonchev–Trinajstić information content (AvgIpc) is 2.35. The van der Waals surface area contributed by atoms with E-state index in [4.69, 9.17) is 22.1 Å². The molecule has 0 saturated carbocycles. The highest BCUT2D eigenvalue weighted by Gasteiger charge is 2.19. The minimum atomic E-state index is 0.230. The number of hydrogen-bond acceptors (Lipinski definition) is 3. The molecule has 1 aromatic carbocycles. The molecule has 0 radical (unpaired) electrons. The number of rotatable bonds is 6. The number of nitrogens with two attached hydrogens (primary N) is 1. The summed E-state index contributed by atoms with van der Waals surface area (Å²) in [5.74, 6) is 1.11. The number of hydrogen-bond donors (Lipinski definition) is 2. The van der Waals surface area contributed by atoms with E-state index in [1.807, 2.05) is 25.2 Å². The second-order valence-electron chi connectivity index (χ2n) is 4.06. The van der Waals surface area contributed by atoms with E-state index in [0.29, 0.717) is 23.2 Å². The first-order valence-corrected chi connectivity index (χ1v) is 6.26. The molecule has 0 aliphatic rings. The average molecular weight is 257 g/mol. The van der Waals surface area contributed by atoms with Crippen LogP contribution in [0.5, 0.6) is 5.75 Å². The zero-order valence-corrected chi connectivity index (χ0v) is 11.4. The van der Waals surface area contributed by atoms with Crippen LogP contribution in [-0.4, -0.2) is 20.7 Å². The smallest absolute Gasteiger partial charge is 0.137 e. The maximum Gasteiger partial charge on any atom is 0.137 e. The van der Waals surface area contributed by atoms with Gasteiger partial charge in [-0.15, -0.1) is 0 Å². The van der Waals surface area contributed by atoms with Crippen molar-refractivity contribution < 1.29 is 4.74 Å². The Morgan fingerprint density at radius 3 is 2.59 bits per heavy atom. The van der Waals surface area contributed by atoms with Gasteiger partial charge in [-0.2, -0.15) is 0 Å². The molecule has 2 unspecified atom stereocenters. The van der Waals surface area contributed by atoms with Crippen molar-refractivity contribution in [1.29, 1.82) is 0 Å². The third-order valence-corrected chi connectivity index (χ3v) is 3.44. The zero-order valence-electron chi connectivity index (χ0n) is 10.7. The number of halogens is 1. The summed E-state index contributed by atoms with van der Waals surface area (Å²) < 4.78 is 5.15. The number of benzene rings is 1. The predicted octanol–water partition coefficient (Wildman–Crippen LogP) is 2.59. The maximum atomic E-state index is 6.14. The molecule has 0 heterocycles. The highest BCUT2D eigenvalue weighted by atomic mass is 35.5. The second kappa shape index (κ2) is 6.84. The molecule has 3 N–H and O–H groups in total. The summed E-state index contributed by atoms with van der Waals surface area (Å²) in [5.41, 5.74) is 6.94. The standard InChI is InChI=1S/C13H21ClN2O/c1-4-9(8-15)13(16-2)10-5-6-12(17-3)11(14)7-10/h5-7,9,13,16H,4,8,15H2,1-3H3. The van der Waals surface area contributed by atoms with Gasteiger partial charge in [0.05, 0.1) is 12.1 Å². The Bertz CT molecular complexity index is 353. The van der Waals surface area contributed by atoms with E-state index < -0.39 is 0 Å². The molecule has 1 rings (SSSR count). The fourth-order valence-corrected chi connectivity index (χ4v) is 2.36. The highest BCUT2D eigenvalue weighted by Crippen LogP contribution is 2.30. The molecule has 96 valence electrons. The molecule has 1 aromatic rings. The molecule has 0 fully saturated rings. The molecular weight excluding hydrogens is 236 g/mol. The highest BCUT2D eigenvalue weighted by molar-refractivity contribution is 6.32. The van der Waals surface area contributed by atoms with Crippen LogP contribution in [0.15, 0.2) is 18.2 Å². The molecule has 0 aliphatic heterocycles. The van der Waals surface area contributed by atoms with Crippen LogP contribution in [0.4, 0.5) is 0 Å². The van der Waals surface area contributed by atoms with Crippen LogP contribution in [0.1, 0.15) is 24.9 Å². The normalized spacial score (nSPS) is 14.4. The van der Waals surface area contributed by atoms with Crippen molar-refractivity contribution in [1.82, 2.24) is 5.32 Å². The molecular formula is C13H21ClN2O. The van der Waals surface area contributed by atoms with E-state index in [1.54, 1.807) is 7.11 Å². The number of ether oxygens (including phenoxy) is 1. The van der Waals surface area contributed by atoms with Gasteiger partial charge in [0.15, 0.2) is 0 Å². The minimum absolute atomic E-state index is 0.230. The minimum Gasteiger partial charge on any atom is -0.495 e. The molecule has 0 bridgehead atoms. The molecule has 2 atom stereocenters. The lowest BCUT2D eigenvalue weighted by molar-refractivity contribution is 0.377. The quantitative estimate of drug-likeness (QED) is 0.823. The zero-order chi connectivity index (χ0) is 12.8. The van der Waals surface area contributed by atoms with Crippen molar-refractivity contribution in [3.63, 3.8) is 0 Å². The van der Waals surface area contributed by atoms with Crippen LogP contribution in [0.3, 0.4) is 0 Å².